The van der Waals surface area contributed by atoms with Crippen LogP contribution in [0.3, 0.4) is 0 Å². The van der Waals surface area contributed by atoms with Crippen molar-refractivity contribution in [1.82, 2.24) is 10.2 Å². The van der Waals surface area contributed by atoms with Crippen molar-refractivity contribution in [2.75, 3.05) is 13.1 Å². The van der Waals surface area contributed by atoms with Crippen molar-refractivity contribution in [2.24, 2.45) is 0 Å². The minimum absolute atomic E-state index is 0.00218. The number of hydrogen-bond donors (Lipinski definition) is 1. The highest BCUT2D eigenvalue weighted by molar-refractivity contribution is 9.10. The van der Waals surface area contributed by atoms with Crippen LogP contribution in [0, 0.1) is 10.1 Å². The van der Waals surface area contributed by atoms with Crippen LogP contribution >= 0.6 is 15.9 Å². The number of nitrogens with zero attached hydrogens (tertiary/aromatic N) is 2. The van der Waals surface area contributed by atoms with Gasteiger partial charge in [-0.3, -0.25) is 14.9 Å². The standard InChI is InChI=1S/C14H20BrN3O3/c1-4-17(5-2)14(19)10(3)16-9-11-8-12(15)6-7-13(11)18(20)21/h6-8,10,16H,4-5,9H2,1-3H3. The molecule has 0 spiro atoms. The highest BCUT2D eigenvalue weighted by atomic mass is 79.9. The number of hydrogen-bond acceptors (Lipinski definition) is 4. The Hall–Kier alpha value is -1.47. The molecule has 0 radical (unpaired) electrons. The fourth-order valence-electron chi connectivity index (χ4n) is 2.03. The predicted octanol–water partition coefficient (Wildman–Crippen LogP) is 2.70. The molecule has 0 heterocycles. The molecule has 21 heavy (non-hydrogen) atoms. The fourth-order valence-corrected chi connectivity index (χ4v) is 2.44. The molecule has 0 saturated carbocycles. The molecule has 0 saturated heterocycles. The lowest BCUT2D eigenvalue weighted by atomic mass is 10.1. The van der Waals surface area contributed by atoms with Gasteiger partial charge in [0.15, 0.2) is 0 Å². The predicted molar refractivity (Wildman–Crippen MR) is 85.0 cm³/mol. The van der Waals surface area contributed by atoms with E-state index < -0.39 is 4.92 Å². The molecule has 116 valence electrons. The summed E-state index contributed by atoms with van der Waals surface area (Å²) in [5, 5.41) is 14.1. The summed E-state index contributed by atoms with van der Waals surface area (Å²) in [6.07, 6.45) is 0. The van der Waals surface area contributed by atoms with E-state index in [1.807, 2.05) is 13.8 Å². The summed E-state index contributed by atoms with van der Waals surface area (Å²) in [5.41, 5.74) is 0.599. The Morgan fingerprint density at radius 1 is 1.43 bits per heavy atom. The number of rotatable bonds is 7. The summed E-state index contributed by atoms with van der Waals surface area (Å²) in [6, 6.07) is 4.40. The molecule has 0 aliphatic carbocycles. The largest absolute Gasteiger partial charge is 0.342 e. The maximum atomic E-state index is 12.1. The average Bonchev–Trinajstić information content (AvgIpc) is 2.45. The van der Waals surface area contributed by atoms with Gasteiger partial charge in [-0.25, -0.2) is 0 Å². The van der Waals surface area contributed by atoms with Gasteiger partial charge in [0.1, 0.15) is 0 Å². The van der Waals surface area contributed by atoms with E-state index in [0.29, 0.717) is 18.7 Å². The van der Waals surface area contributed by atoms with Gasteiger partial charge in [-0.2, -0.15) is 0 Å². The SMILES string of the molecule is CCN(CC)C(=O)C(C)NCc1cc(Br)ccc1[N+](=O)[O-]. The number of halogens is 1. The van der Waals surface area contributed by atoms with Crippen LogP contribution in [-0.2, 0) is 11.3 Å². The van der Waals surface area contributed by atoms with Gasteiger partial charge in [-0.15, -0.1) is 0 Å². The Kier molecular flexibility index (Phi) is 6.77. The highest BCUT2D eigenvalue weighted by Crippen LogP contribution is 2.23. The van der Waals surface area contributed by atoms with E-state index in [0.717, 1.165) is 4.47 Å². The van der Waals surface area contributed by atoms with Gasteiger partial charge >= 0.3 is 0 Å². The lowest BCUT2D eigenvalue weighted by molar-refractivity contribution is -0.385. The molecule has 0 aliphatic heterocycles. The van der Waals surface area contributed by atoms with Crippen LogP contribution in [0.25, 0.3) is 0 Å². The van der Waals surface area contributed by atoms with E-state index in [-0.39, 0.29) is 24.2 Å². The second-order valence-corrected chi connectivity index (χ2v) is 5.56. The van der Waals surface area contributed by atoms with Crippen molar-refractivity contribution in [3.05, 3.63) is 38.3 Å². The van der Waals surface area contributed by atoms with E-state index >= 15 is 0 Å². The Morgan fingerprint density at radius 2 is 2.05 bits per heavy atom. The first-order chi connectivity index (χ1) is 9.90. The molecule has 6 nitrogen and oxygen atoms in total. The minimum atomic E-state index is -0.416. The summed E-state index contributed by atoms with van der Waals surface area (Å²) < 4.78 is 0.771. The summed E-state index contributed by atoms with van der Waals surface area (Å²) >= 11 is 3.30. The van der Waals surface area contributed by atoms with Crippen LogP contribution in [0.15, 0.2) is 22.7 Å². The topological polar surface area (TPSA) is 75.5 Å². The van der Waals surface area contributed by atoms with Gasteiger partial charge in [0.25, 0.3) is 5.69 Å². The van der Waals surface area contributed by atoms with Crippen molar-refractivity contribution in [3.8, 4) is 0 Å². The number of nitro groups is 1. The average molecular weight is 358 g/mol. The van der Waals surface area contributed by atoms with Crippen LogP contribution < -0.4 is 5.32 Å². The molecule has 1 atom stereocenters. The van der Waals surface area contributed by atoms with E-state index in [9.17, 15) is 14.9 Å². The lowest BCUT2D eigenvalue weighted by Gasteiger charge is -2.23. The second-order valence-electron chi connectivity index (χ2n) is 4.64. The highest BCUT2D eigenvalue weighted by Gasteiger charge is 2.19. The summed E-state index contributed by atoms with van der Waals surface area (Å²) in [7, 11) is 0. The van der Waals surface area contributed by atoms with Crippen LogP contribution in [0.4, 0.5) is 5.69 Å². The van der Waals surface area contributed by atoms with Crippen molar-refractivity contribution in [1.29, 1.82) is 0 Å². The van der Waals surface area contributed by atoms with E-state index in [4.69, 9.17) is 0 Å². The Balaban J connectivity index is 2.77. The van der Waals surface area contributed by atoms with E-state index in [2.05, 4.69) is 21.2 Å². The van der Waals surface area contributed by atoms with E-state index in [1.54, 1.807) is 24.0 Å². The van der Waals surface area contributed by atoms with Gasteiger partial charge < -0.3 is 10.2 Å². The Bertz CT molecular complexity index is 518. The van der Waals surface area contributed by atoms with E-state index in [1.165, 1.54) is 6.07 Å². The maximum Gasteiger partial charge on any atom is 0.273 e. The number of carbonyl (C=O) groups is 1. The molecule has 0 aromatic heterocycles. The molecule has 1 aromatic carbocycles. The van der Waals surface area contributed by atoms with Crippen molar-refractivity contribution in [3.63, 3.8) is 0 Å². The molecule has 0 bridgehead atoms. The van der Waals surface area contributed by atoms with Crippen LogP contribution in [-0.4, -0.2) is 34.9 Å². The van der Waals surface area contributed by atoms with Gasteiger partial charge in [0.05, 0.1) is 11.0 Å². The maximum absolute atomic E-state index is 12.1. The number of nitro benzene ring substituents is 1. The minimum Gasteiger partial charge on any atom is -0.342 e. The van der Waals surface area contributed by atoms with Crippen LogP contribution in [0.5, 0.6) is 0 Å². The zero-order chi connectivity index (χ0) is 16.0. The molecular formula is C14H20BrN3O3. The molecule has 1 aromatic rings. The van der Waals surface area contributed by atoms with Crippen molar-refractivity contribution >= 4 is 27.5 Å². The number of likely N-dealkylation sites (N-methyl/N-ethyl adjacent to an activating group) is 1. The third kappa shape index (κ3) is 4.78. The Morgan fingerprint density at radius 3 is 2.57 bits per heavy atom. The van der Waals surface area contributed by atoms with Crippen molar-refractivity contribution in [2.45, 2.75) is 33.4 Å². The Labute approximate surface area is 132 Å². The molecule has 1 rings (SSSR count). The van der Waals surface area contributed by atoms with Crippen LogP contribution in [0.1, 0.15) is 26.3 Å². The molecule has 1 N–H and O–H groups in total. The summed E-state index contributed by atoms with van der Waals surface area (Å²) in [6.45, 7) is 7.19. The number of benzene rings is 1. The normalized spacial score (nSPS) is 12.0. The number of amides is 1. The van der Waals surface area contributed by atoms with Crippen LogP contribution in [0.2, 0.25) is 0 Å². The molecular weight excluding hydrogens is 338 g/mol. The second kappa shape index (κ2) is 8.09. The first-order valence-electron chi connectivity index (χ1n) is 6.85. The smallest absolute Gasteiger partial charge is 0.273 e. The number of carbonyl (C=O) groups excluding carboxylic acids is 1. The van der Waals surface area contributed by atoms with Gasteiger partial charge in [0.2, 0.25) is 5.91 Å². The van der Waals surface area contributed by atoms with Gasteiger partial charge in [0, 0.05) is 35.7 Å². The molecule has 0 fully saturated rings. The molecule has 0 aliphatic rings. The molecule has 1 amide bonds. The van der Waals surface area contributed by atoms with Crippen molar-refractivity contribution < 1.29 is 9.72 Å². The quantitative estimate of drug-likeness (QED) is 0.601. The molecule has 1 unspecified atom stereocenters. The third-order valence-electron chi connectivity index (χ3n) is 3.28. The first kappa shape index (κ1) is 17.6. The number of nitrogens with one attached hydrogen (secondary N) is 1. The first-order valence-corrected chi connectivity index (χ1v) is 7.64. The zero-order valence-corrected chi connectivity index (χ0v) is 14.0. The van der Waals surface area contributed by atoms with Gasteiger partial charge in [-0.05, 0) is 32.9 Å². The zero-order valence-electron chi connectivity index (χ0n) is 12.4. The summed E-state index contributed by atoms with van der Waals surface area (Å²) in [5.74, 6) is -0.00218. The van der Waals surface area contributed by atoms with Gasteiger partial charge in [-0.1, -0.05) is 15.9 Å². The molecule has 7 heteroatoms. The monoisotopic (exact) mass is 357 g/mol. The fraction of sp³-hybridized carbons (Fsp3) is 0.500. The third-order valence-corrected chi connectivity index (χ3v) is 3.78. The summed E-state index contributed by atoms with van der Waals surface area (Å²) in [4.78, 5) is 24.4. The lowest BCUT2D eigenvalue weighted by Crippen LogP contribution is -2.44.